The second-order valence-electron chi connectivity index (χ2n) is 7.43. The van der Waals surface area contributed by atoms with Gasteiger partial charge in [-0.3, -0.25) is 0 Å². The van der Waals surface area contributed by atoms with E-state index in [0.29, 0.717) is 10.5 Å². The van der Waals surface area contributed by atoms with Gasteiger partial charge in [-0.1, -0.05) is 30.3 Å². The molecular weight excluding hydrogens is 350 g/mol. The van der Waals surface area contributed by atoms with E-state index in [-0.39, 0.29) is 12.6 Å². The topological polar surface area (TPSA) is 54.0 Å². The summed E-state index contributed by atoms with van der Waals surface area (Å²) < 4.78 is 22.5. The summed E-state index contributed by atoms with van der Waals surface area (Å²) in [5.41, 5.74) is 0.310. The molecule has 1 aromatic carbocycles. The molecule has 1 rings (SSSR count). The molecular formula is C19H34NO5Si+. The van der Waals surface area contributed by atoms with Gasteiger partial charge < -0.3 is 22.5 Å². The molecule has 0 N–H and O–H groups in total. The number of nitrogens with zero attached hydrogens (tertiary/aromatic N) is 1. The highest BCUT2D eigenvalue weighted by molar-refractivity contribution is 6.60. The highest BCUT2D eigenvalue weighted by Gasteiger charge is 2.46. The van der Waals surface area contributed by atoms with E-state index in [2.05, 4.69) is 0 Å². The van der Waals surface area contributed by atoms with Crippen LogP contribution >= 0.6 is 0 Å². The van der Waals surface area contributed by atoms with Crippen LogP contribution in [0.2, 0.25) is 6.04 Å². The van der Waals surface area contributed by atoms with E-state index in [1.54, 1.807) is 21.3 Å². The van der Waals surface area contributed by atoms with Crippen LogP contribution in [0.3, 0.4) is 0 Å². The van der Waals surface area contributed by atoms with Crippen LogP contribution in [-0.4, -0.2) is 66.8 Å². The number of ether oxygens (including phenoxy) is 1. The molecule has 7 heteroatoms. The monoisotopic (exact) mass is 384 g/mol. The Kier molecular flexibility index (Phi) is 8.43. The molecule has 0 bridgehead atoms. The van der Waals surface area contributed by atoms with Crippen molar-refractivity contribution < 1.29 is 27.3 Å². The van der Waals surface area contributed by atoms with E-state index >= 15 is 0 Å². The number of esters is 1. The number of hydrogen-bond acceptors (Lipinski definition) is 5. The largest absolute Gasteiger partial charge is 0.500 e. The summed E-state index contributed by atoms with van der Waals surface area (Å²) in [7, 11) is 6.34. The first kappa shape index (κ1) is 22.8. The van der Waals surface area contributed by atoms with Crippen LogP contribution in [0.15, 0.2) is 30.3 Å². The minimum absolute atomic E-state index is 0.208. The molecule has 0 saturated heterocycles. The SMILES string of the molecule is CO[Si](CCC[N+](C)(C)C(C)(C)C(=O)OCc1ccccc1)(OC)OC. The maximum absolute atomic E-state index is 12.7. The van der Waals surface area contributed by atoms with Crippen molar-refractivity contribution in [3.8, 4) is 0 Å². The smallest absolute Gasteiger partial charge is 0.456 e. The van der Waals surface area contributed by atoms with Gasteiger partial charge in [-0.2, -0.15) is 0 Å². The third-order valence-electron chi connectivity index (χ3n) is 5.36. The third kappa shape index (κ3) is 5.62. The van der Waals surface area contributed by atoms with Gasteiger partial charge in [0, 0.05) is 47.6 Å². The Morgan fingerprint density at radius 2 is 1.58 bits per heavy atom. The molecule has 0 saturated carbocycles. The lowest BCUT2D eigenvalue weighted by atomic mass is 10.0. The quantitative estimate of drug-likeness (QED) is 0.334. The van der Waals surface area contributed by atoms with Gasteiger partial charge in [-0.05, 0) is 5.56 Å². The number of likely N-dealkylation sites (N-methyl/N-ethyl adjacent to an activating group) is 1. The summed E-state index contributed by atoms with van der Waals surface area (Å²) in [5, 5.41) is 0. The second kappa shape index (κ2) is 9.62. The molecule has 0 spiro atoms. The van der Waals surface area contributed by atoms with Gasteiger partial charge in [0.1, 0.15) is 6.61 Å². The Bertz CT molecular complexity index is 550. The predicted molar refractivity (Wildman–Crippen MR) is 103 cm³/mol. The first-order valence-corrected chi connectivity index (χ1v) is 10.8. The number of carbonyl (C=O) groups excluding carboxylic acids is 1. The highest BCUT2D eigenvalue weighted by atomic mass is 28.4. The third-order valence-corrected chi connectivity index (χ3v) is 8.19. The fourth-order valence-electron chi connectivity index (χ4n) is 2.67. The Hall–Kier alpha value is -1.25. The molecule has 0 aliphatic carbocycles. The standard InChI is InChI=1S/C19H34NO5Si/c1-19(2,18(21)25-16-17-12-9-8-10-13-17)20(3,4)14-11-15-26(22-5,23-6)24-7/h8-10,12-13H,11,14-16H2,1-7H3/q+1. The molecule has 0 aliphatic heterocycles. The number of rotatable bonds is 11. The summed E-state index contributed by atoms with van der Waals surface area (Å²) in [4.78, 5) is 12.7. The van der Waals surface area contributed by atoms with Crippen LogP contribution in [0.5, 0.6) is 0 Å². The number of benzene rings is 1. The average Bonchev–Trinajstić information content (AvgIpc) is 2.64. The fourth-order valence-corrected chi connectivity index (χ4v) is 4.38. The zero-order chi connectivity index (χ0) is 19.8. The molecule has 6 nitrogen and oxygen atoms in total. The Morgan fingerprint density at radius 1 is 1.04 bits per heavy atom. The van der Waals surface area contributed by atoms with E-state index in [1.807, 2.05) is 58.3 Å². The molecule has 0 atom stereocenters. The lowest BCUT2D eigenvalue weighted by Crippen LogP contribution is -2.61. The van der Waals surface area contributed by atoms with Crippen LogP contribution in [0, 0.1) is 0 Å². The molecule has 148 valence electrons. The van der Waals surface area contributed by atoms with Crippen LogP contribution in [0.4, 0.5) is 0 Å². The molecule has 0 aromatic heterocycles. The normalized spacial score (nSPS) is 12.9. The van der Waals surface area contributed by atoms with Crippen LogP contribution in [0.25, 0.3) is 0 Å². The maximum Gasteiger partial charge on any atom is 0.500 e. The summed E-state index contributed by atoms with van der Waals surface area (Å²) in [5.74, 6) is -0.208. The first-order chi connectivity index (χ1) is 12.1. The highest BCUT2D eigenvalue weighted by Crippen LogP contribution is 2.25. The van der Waals surface area contributed by atoms with Gasteiger partial charge in [-0.15, -0.1) is 0 Å². The van der Waals surface area contributed by atoms with Gasteiger partial charge in [0.2, 0.25) is 0 Å². The molecule has 0 fully saturated rings. The number of carbonyl (C=O) groups is 1. The summed E-state index contributed by atoms with van der Waals surface area (Å²) >= 11 is 0. The Labute approximate surface area is 159 Å². The molecule has 0 amide bonds. The van der Waals surface area contributed by atoms with Crippen LogP contribution in [0.1, 0.15) is 25.8 Å². The van der Waals surface area contributed by atoms with Gasteiger partial charge >= 0.3 is 14.8 Å². The second-order valence-corrected chi connectivity index (χ2v) is 10.5. The van der Waals surface area contributed by atoms with E-state index in [0.717, 1.165) is 18.5 Å². The van der Waals surface area contributed by atoms with E-state index in [1.165, 1.54) is 0 Å². The van der Waals surface area contributed by atoms with Crippen molar-refractivity contribution in [1.29, 1.82) is 0 Å². The lowest BCUT2D eigenvalue weighted by molar-refractivity contribution is -0.928. The number of hydrogen-bond donors (Lipinski definition) is 0. The zero-order valence-corrected chi connectivity index (χ0v) is 18.2. The number of quaternary nitrogens is 1. The van der Waals surface area contributed by atoms with E-state index < -0.39 is 14.3 Å². The molecule has 0 unspecified atom stereocenters. The van der Waals surface area contributed by atoms with Gasteiger partial charge in [0.05, 0.1) is 20.6 Å². The van der Waals surface area contributed by atoms with Crippen molar-refractivity contribution in [2.24, 2.45) is 0 Å². The summed E-state index contributed by atoms with van der Waals surface area (Å²) in [6, 6.07) is 10.4. The van der Waals surface area contributed by atoms with Crippen molar-refractivity contribution in [2.75, 3.05) is 42.0 Å². The predicted octanol–water partition coefficient (Wildman–Crippen LogP) is 2.85. The summed E-state index contributed by atoms with van der Waals surface area (Å²) in [6.45, 7) is 4.91. The molecule has 1 aromatic rings. The van der Waals surface area contributed by atoms with Gasteiger partial charge in [-0.25, -0.2) is 4.79 Å². The van der Waals surface area contributed by atoms with Crippen molar-refractivity contribution in [1.82, 2.24) is 0 Å². The molecule has 0 radical (unpaired) electrons. The van der Waals surface area contributed by atoms with E-state index in [4.69, 9.17) is 18.0 Å². The van der Waals surface area contributed by atoms with Crippen molar-refractivity contribution in [2.45, 2.75) is 38.5 Å². The van der Waals surface area contributed by atoms with E-state index in [9.17, 15) is 4.79 Å². The first-order valence-electron chi connectivity index (χ1n) is 8.84. The Balaban J connectivity index is 2.65. The fraction of sp³-hybridized carbons (Fsp3) is 0.632. The molecule has 0 aliphatic rings. The minimum Gasteiger partial charge on any atom is -0.456 e. The minimum atomic E-state index is -2.59. The Morgan fingerprint density at radius 3 is 2.08 bits per heavy atom. The van der Waals surface area contributed by atoms with Gasteiger partial charge in [0.15, 0.2) is 5.54 Å². The van der Waals surface area contributed by atoms with Gasteiger partial charge in [0.25, 0.3) is 0 Å². The zero-order valence-electron chi connectivity index (χ0n) is 17.2. The lowest BCUT2D eigenvalue weighted by Gasteiger charge is -2.42. The van der Waals surface area contributed by atoms with Crippen molar-refractivity contribution in [3.05, 3.63) is 35.9 Å². The van der Waals surface area contributed by atoms with Crippen molar-refractivity contribution in [3.63, 3.8) is 0 Å². The summed E-state index contributed by atoms with van der Waals surface area (Å²) in [6.07, 6.45) is 0.824. The van der Waals surface area contributed by atoms with Crippen LogP contribution in [-0.2, 0) is 29.4 Å². The maximum atomic E-state index is 12.7. The van der Waals surface area contributed by atoms with Crippen molar-refractivity contribution >= 4 is 14.8 Å². The van der Waals surface area contributed by atoms with Crippen LogP contribution < -0.4 is 0 Å². The average molecular weight is 385 g/mol. The molecule has 26 heavy (non-hydrogen) atoms. The molecule has 0 heterocycles.